The zero-order valence-corrected chi connectivity index (χ0v) is 19.6. The van der Waals surface area contributed by atoms with E-state index in [-0.39, 0.29) is 36.5 Å². The molecule has 8 heteroatoms. The van der Waals surface area contributed by atoms with Crippen LogP contribution >= 0.6 is 24.0 Å². The van der Waals surface area contributed by atoms with Gasteiger partial charge in [-0.15, -0.1) is 24.0 Å². The highest BCUT2D eigenvalue weighted by molar-refractivity contribution is 14.0. The molecule has 0 aliphatic carbocycles. The number of aliphatic imine (C=N–C) groups is 1. The second kappa shape index (κ2) is 12.2. The number of guanidine groups is 1. The third-order valence-corrected chi connectivity index (χ3v) is 4.11. The molecule has 1 heterocycles. The van der Waals surface area contributed by atoms with E-state index in [1.54, 1.807) is 7.05 Å². The van der Waals surface area contributed by atoms with Gasteiger partial charge in [0.2, 0.25) is 0 Å². The Morgan fingerprint density at radius 1 is 1.18 bits per heavy atom. The molecule has 0 saturated carbocycles. The number of nitrogens with zero attached hydrogens (tertiary/aromatic N) is 2. The van der Waals surface area contributed by atoms with Crippen LogP contribution in [0, 0.1) is 0 Å². The van der Waals surface area contributed by atoms with Crippen molar-refractivity contribution in [3.63, 3.8) is 0 Å². The standard InChI is InChI=1S/C20H32N4O3.HI/c1-20(2,3)27-18(25)14-23-19(21-4)22-13-16-7-5-6-8-17(16)15-24-9-11-26-12-10-24;/h5-8H,9-15H2,1-4H3,(H2,21,22,23);1H. The van der Waals surface area contributed by atoms with Crippen LogP contribution in [0.2, 0.25) is 0 Å². The molecule has 1 aliphatic heterocycles. The zero-order valence-electron chi connectivity index (χ0n) is 17.3. The van der Waals surface area contributed by atoms with Gasteiger partial charge in [-0.25, -0.2) is 0 Å². The Morgan fingerprint density at radius 2 is 1.82 bits per heavy atom. The first kappa shape index (κ1) is 24.6. The molecule has 28 heavy (non-hydrogen) atoms. The van der Waals surface area contributed by atoms with E-state index in [1.807, 2.05) is 26.8 Å². The number of morpholine rings is 1. The normalized spacial score (nSPS) is 15.5. The molecule has 1 aromatic rings. The van der Waals surface area contributed by atoms with Crippen molar-refractivity contribution in [3.05, 3.63) is 35.4 Å². The average Bonchev–Trinajstić information content (AvgIpc) is 2.62. The molecular weight excluding hydrogens is 471 g/mol. The highest BCUT2D eigenvalue weighted by atomic mass is 127. The topological polar surface area (TPSA) is 75.2 Å². The molecule has 0 bridgehead atoms. The first-order valence-electron chi connectivity index (χ1n) is 9.40. The summed E-state index contributed by atoms with van der Waals surface area (Å²) in [6.07, 6.45) is 0. The van der Waals surface area contributed by atoms with Crippen LogP contribution in [0.25, 0.3) is 0 Å². The van der Waals surface area contributed by atoms with Crippen molar-refractivity contribution in [2.24, 2.45) is 4.99 Å². The van der Waals surface area contributed by atoms with E-state index >= 15 is 0 Å². The first-order chi connectivity index (χ1) is 12.9. The third kappa shape index (κ3) is 9.20. The summed E-state index contributed by atoms with van der Waals surface area (Å²) in [6.45, 7) is 10.7. The lowest BCUT2D eigenvalue weighted by atomic mass is 10.1. The molecule has 0 spiro atoms. The van der Waals surface area contributed by atoms with E-state index in [0.29, 0.717) is 12.5 Å². The number of ether oxygens (including phenoxy) is 2. The number of carbonyl (C=O) groups excluding carboxylic acids is 1. The maximum Gasteiger partial charge on any atom is 0.325 e. The summed E-state index contributed by atoms with van der Waals surface area (Å²) < 4.78 is 10.7. The molecule has 1 aromatic carbocycles. The second-order valence-electron chi connectivity index (χ2n) is 7.52. The molecule has 7 nitrogen and oxygen atoms in total. The molecule has 158 valence electrons. The van der Waals surface area contributed by atoms with Crippen LogP contribution in [0.5, 0.6) is 0 Å². The molecule has 1 saturated heterocycles. The monoisotopic (exact) mass is 504 g/mol. The minimum absolute atomic E-state index is 0. The maximum absolute atomic E-state index is 11.8. The fraction of sp³-hybridized carbons (Fsp3) is 0.600. The van der Waals surface area contributed by atoms with E-state index in [2.05, 4.69) is 38.7 Å². The Labute approximate surface area is 185 Å². The lowest BCUT2D eigenvalue weighted by molar-refractivity contribution is -0.153. The lowest BCUT2D eigenvalue weighted by Crippen LogP contribution is -2.41. The van der Waals surface area contributed by atoms with Crippen molar-refractivity contribution in [3.8, 4) is 0 Å². The van der Waals surface area contributed by atoms with Crippen LogP contribution in [-0.2, 0) is 27.4 Å². The Kier molecular flexibility index (Phi) is 10.8. The van der Waals surface area contributed by atoms with Crippen molar-refractivity contribution >= 4 is 35.9 Å². The van der Waals surface area contributed by atoms with Crippen molar-refractivity contribution in [1.29, 1.82) is 0 Å². The van der Waals surface area contributed by atoms with Crippen LogP contribution in [0.3, 0.4) is 0 Å². The van der Waals surface area contributed by atoms with Gasteiger partial charge in [0, 0.05) is 33.2 Å². The lowest BCUT2D eigenvalue weighted by Gasteiger charge is -2.27. The van der Waals surface area contributed by atoms with Crippen LogP contribution in [0.4, 0.5) is 0 Å². The average molecular weight is 504 g/mol. The summed E-state index contributed by atoms with van der Waals surface area (Å²) in [5, 5.41) is 6.27. The van der Waals surface area contributed by atoms with Crippen molar-refractivity contribution < 1.29 is 14.3 Å². The largest absolute Gasteiger partial charge is 0.459 e. The maximum atomic E-state index is 11.8. The minimum atomic E-state index is -0.492. The molecule has 1 aliphatic rings. The highest BCUT2D eigenvalue weighted by Gasteiger charge is 2.16. The Bertz CT molecular complexity index is 641. The van der Waals surface area contributed by atoms with Gasteiger partial charge in [0.15, 0.2) is 5.96 Å². The smallest absolute Gasteiger partial charge is 0.325 e. The number of hydrogen-bond donors (Lipinski definition) is 2. The second-order valence-corrected chi connectivity index (χ2v) is 7.52. The SMILES string of the molecule is CN=C(NCC(=O)OC(C)(C)C)NCc1ccccc1CN1CCOCC1.I. The molecular formula is C20H33IN4O3. The van der Waals surface area contributed by atoms with Gasteiger partial charge in [0.1, 0.15) is 12.1 Å². The summed E-state index contributed by atoms with van der Waals surface area (Å²) in [7, 11) is 1.68. The summed E-state index contributed by atoms with van der Waals surface area (Å²) in [4.78, 5) is 18.4. The van der Waals surface area contributed by atoms with Gasteiger partial charge >= 0.3 is 5.97 Å². The first-order valence-corrected chi connectivity index (χ1v) is 9.40. The molecule has 0 aromatic heterocycles. The number of hydrogen-bond acceptors (Lipinski definition) is 5. The summed E-state index contributed by atoms with van der Waals surface area (Å²) in [5.41, 5.74) is 2.01. The molecule has 2 rings (SSSR count). The number of esters is 1. The number of nitrogens with one attached hydrogen (secondary N) is 2. The Hall–Kier alpha value is -1.39. The van der Waals surface area contributed by atoms with Gasteiger partial charge in [-0.3, -0.25) is 14.7 Å². The van der Waals surface area contributed by atoms with Crippen molar-refractivity contribution in [2.45, 2.75) is 39.5 Å². The molecule has 0 unspecified atom stereocenters. The van der Waals surface area contributed by atoms with Crippen LogP contribution in [0.1, 0.15) is 31.9 Å². The summed E-state index contributed by atoms with van der Waals surface area (Å²) in [5.74, 6) is 0.264. The van der Waals surface area contributed by atoms with Gasteiger partial charge in [0.25, 0.3) is 0 Å². The fourth-order valence-corrected chi connectivity index (χ4v) is 2.82. The molecule has 2 N–H and O–H groups in total. The quantitative estimate of drug-likeness (QED) is 0.268. The zero-order chi connectivity index (χ0) is 19.7. The number of benzene rings is 1. The van der Waals surface area contributed by atoms with E-state index in [0.717, 1.165) is 32.8 Å². The number of halogens is 1. The molecule has 1 fully saturated rings. The van der Waals surface area contributed by atoms with Crippen LogP contribution < -0.4 is 10.6 Å². The molecule has 0 atom stereocenters. The fourth-order valence-electron chi connectivity index (χ4n) is 2.82. The third-order valence-electron chi connectivity index (χ3n) is 4.11. The van der Waals surface area contributed by atoms with E-state index in [1.165, 1.54) is 11.1 Å². The molecule has 0 radical (unpaired) electrons. The van der Waals surface area contributed by atoms with Gasteiger partial charge in [0.05, 0.1) is 13.2 Å². The van der Waals surface area contributed by atoms with Gasteiger partial charge in [-0.1, -0.05) is 24.3 Å². The Morgan fingerprint density at radius 3 is 2.43 bits per heavy atom. The van der Waals surface area contributed by atoms with Gasteiger partial charge in [-0.05, 0) is 31.9 Å². The number of rotatable bonds is 6. The number of carbonyl (C=O) groups is 1. The predicted molar refractivity (Wildman–Crippen MR) is 122 cm³/mol. The highest BCUT2D eigenvalue weighted by Crippen LogP contribution is 2.13. The van der Waals surface area contributed by atoms with Gasteiger partial charge in [-0.2, -0.15) is 0 Å². The predicted octanol–water partition coefficient (Wildman–Crippen LogP) is 2.14. The van der Waals surface area contributed by atoms with E-state index < -0.39 is 5.60 Å². The van der Waals surface area contributed by atoms with Crippen molar-refractivity contribution in [2.75, 3.05) is 39.9 Å². The van der Waals surface area contributed by atoms with Crippen LogP contribution in [-0.4, -0.2) is 62.3 Å². The Balaban J connectivity index is 0.00000392. The minimum Gasteiger partial charge on any atom is -0.459 e. The summed E-state index contributed by atoms with van der Waals surface area (Å²) >= 11 is 0. The van der Waals surface area contributed by atoms with Crippen LogP contribution in [0.15, 0.2) is 29.3 Å². The van der Waals surface area contributed by atoms with E-state index in [4.69, 9.17) is 9.47 Å². The van der Waals surface area contributed by atoms with Crippen molar-refractivity contribution in [1.82, 2.24) is 15.5 Å². The van der Waals surface area contributed by atoms with E-state index in [9.17, 15) is 4.79 Å². The molecule has 0 amide bonds. The van der Waals surface area contributed by atoms with Gasteiger partial charge < -0.3 is 20.1 Å². The summed E-state index contributed by atoms with van der Waals surface area (Å²) in [6, 6.07) is 8.37.